The minimum Gasteiger partial charge on any atom is -0.241 e. The predicted molar refractivity (Wildman–Crippen MR) is 43.4 cm³/mol. The second-order valence-electron chi connectivity index (χ2n) is 2.93. The highest BCUT2D eigenvalue weighted by Gasteiger charge is 2.15. The predicted octanol–water partition coefficient (Wildman–Crippen LogP) is 1.03. The molecule has 3 nitrogen and oxygen atoms in total. The number of fused-ring (bicyclic) bond motifs is 1. The average Bonchev–Trinajstić information content (AvgIpc) is 2.53. The summed E-state index contributed by atoms with van der Waals surface area (Å²) in [6.07, 6.45) is 5.25. The Morgan fingerprint density at radius 1 is 1.42 bits per heavy atom. The van der Waals surface area contributed by atoms with Crippen LogP contribution in [0, 0.1) is 11.3 Å². The standard InChI is InChI=1S/C9H9N3/c10-5-4-9-7-2-1-3-8(7)11-6-12-9/h6H,1-4H2. The number of rotatable bonds is 1. The topological polar surface area (TPSA) is 49.6 Å². The van der Waals surface area contributed by atoms with Gasteiger partial charge >= 0.3 is 0 Å². The van der Waals surface area contributed by atoms with E-state index < -0.39 is 0 Å². The third kappa shape index (κ3) is 1.06. The first-order chi connectivity index (χ1) is 5.92. The summed E-state index contributed by atoms with van der Waals surface area (Å²) in [5.74, 6) is 0. The van der Waals surface area contributed by atoms with Gasteiger partial charge in [-0.1, -0.05) is 0 Å². The molecule has 0 radical (unpaired) electrons. The van der Waals surface area contributed by atoms with Crippen LogP contribution in [-0.4, -0.2) is 9.97 Å². The number of nitriles is 1. The van der Waals surface area contributed by atoms with Crippen LogP contribution >= 0.6 is 0 Å². The molecule has 0 aromatic carbocycles. The van der Waals surface area contributed by atoms with Crippen molar-refractivity contribution in [3.8, 4) is 6.07 Å². The van der Waals surface area contributed by atoms with Crippen molar-refractivity contribution in [2.75, 3.05) is 0 Å². The van der Waals surface area contributed by atoms with Gasteiger partial charge in [0, 0.05) is 5.69 Å². The molecule has 1 aromatic heterocycles. The summed E-state index contributed by atoms with van der Waals surface area (Å²) < 4.78 is 0. The van der Waals surface area contributed by atoms with Crippen molar-refractivity contribution in [3.05, 3.63) is 23.3 Å². The quantitative estimate of drug-likeness (QED) is 0.615. The molecule has 2 rings (SSSR count). The van der Waals surface area contributed by atoms with E-state index in [1.54, 1.807) is 6.33 Å². The van der Waals surface area contributed by atoms with Crippen LogP contribution in [0.15, 0.2) is 6.33 Å². The number of aryl methyl sites for hydroxylation is 1. The number of hydrogen-bond donors (Lipinski definition) is 0. The van der Waals surface area contributed by atoms with E-state index in [2.05, 4.69) is 16.0 Å². The Morgan fingerprint density at radius 3 is 3.17 bits per heavy atom. The lowest BCUT2D eigenvalue weighted by Crippen LogP contribution is -1.98. The van der Waals surface area contributed by atoms with Crippen molar-refractivity contribution in [3.63, 3.8) is 0 Å². The molecule has 0 atom stereocenters. The van der Waals surface area contributed by atoms with Crippen LogP contribution in [0.4, 0.5) is 0 Å². The summed E-state index contributed by atoms with van der Waals surface area (Å²) in [6.45, 7) is 0. The molecule has 0 amide bonds. The van der Waals surface area contributed by atoms with Crippen LogP contribution in [0.1, 0.15) is 23.4 Å². The van der Waals surface area contributed by atoms with Crippen LogP contribution in [0.25, 0.3) is 0 Å². The summed E-state index contributed by atoms with van der Waals surface area (Å²) >= 11 is 0. The number of nitrogens with zero attached hydrogens (tertiary/aromatic N) is 3. The van der Waals surface area contributed by atoms with E-state index in [-0.39, 0.29) is 0 Å². The van der Waals surface area contributed by atoms with E-state index in [9.17, 15) is 0 Å². The largest absolute Gasteiger partial charge is 0.241 e. The van der Waals surface area contributed by atoms with E-state index in [0.717, 1.165) is 30.7 Å². The van der Waals surface area contributed by atoms with Crippen LogP contribution in [0.5, 0.6) is 0 Å². The lowest BCUT2D eigenvalue weighted by atomic mass is 10.1. The summed E-state index contributed by atoms with van der Waals surface area (Å²) in [6, 6.07) is 2.12. The molecule has 0 saturated carbocycles. The van der Waals surface area contributed by atoms with E-state index in [0.29, 0.717) is 6.42 Å². The fourth-order valence-electron chi connectivity index (χ4n) is 1.65. The van der Waals surface area contributed by atoms with Gasteiger partial charge in [0.2, 0.25) is 0 Å². The molecule has 0 spiro atoms. The van der Waals surface area contributed by atoms with Crippen LogP contribution < -0.4 is 0 Å². The molecule has 0 unspecified atom stereocenters. The zero-order valence-electron chi connectivity index (χ0n) is 6.75. The summed E-state index contributed by atoms with van der Waals surface area (Å²) in [7, 11) is 0. The van der Waals surface area contributed by atoms with Crippen LogP contribution in [-0.2, 0) is 19.3 Å². The maximum Gasteiger partial charge on any atom is 0.115 e. The summed E-state index contributed by atoms with van der Waals surface area (Å²) in [5, 5.41) is 8.54. The summed E-state index contributed by atoms with van der Waals surface area (Å²) in [5.41, 5.74) is 3.30. The zero-order valence-corrected chi connectivity index (χ0v) is 6.75. The Bertz CT molecular complexity index is 338. The van der Waals surface area contributed by atoms with Crippen molar-refractivity contribution in [2.45, 2.75) is 25.7 Å². The van der Waals surface area contributed by atoms with Crippen molar-refractivity contribution < 1.29 is 0 Å². The van der Waals surface area contributed by atoms with E-state index >= 15 is 0 Å². The van der Waals surface area contributed by atoms with Gasteiger partial charge in [-0.05, 0) is 24.8 Å². The van der Waals surface area contributed by atoms with Gasteiger partial charge in [0.05, 0.1) is 18.2 Å². The van der Waals surface area contributed by atoms with Crippen LogP contribution in [0.2, 0.25) is 0 Å². The highest BCUT2D eigenvalue weighted by atomic mass is 14.8. The molecule has 0 saturated heterocycles. The fourth-order valence-corrected chi connectivity index (χ4v) is 1.65. The molecule has 1 heterocycles. The van der Waals surface area contributed by atoms with Gasteiger partial charge in [-0.3, -0.25) is 0 Å². The molecular weight excluding hydrogens is 150 g/mol. The third-order valence-electron chi connectivity index (χ3n) is 2.21. The van der Waals surface area contributed by atoms with Gasteiger partial charge in [0.25, 0.3) is 0 Å². The van der Waals surface area contributed by atoms with Crippen molar-refractivity contribution in [2.24, 2.45) is 0 Å². The first kappa shape index (κ1) is 7.23. The highest BCUT2D eigenvalue weighted by Crippen LogP contribution is 2.21. The van der Waals surface area contributed by atoms with Gasteiger partial charge in [0.15, 0.2) is 0 Å². The normalized spacial score (nSPS) is 13.9. The smallest absolute Gasteiger partial charge is 0.115 e. The Labute approximate surface area is 71.1 Å². The zero-order chi connectivity index (χ0) is 8.39. The molecule has 1 aliphatic carbocycles. The first-order valence-electron chi connectivity index (χ1n) is 4.10. The third-order valence-corrected chi connectivity index (χ3v) is 2.21. The molecule has 0 fully saturated rings. The number of hydrogen-bond acceptors (Lipinski definition) is 3. The molecule has 1 aliphatic rings. The number of aromatic nitrogens is 2. The molecule has 1 aromatic rings. The second-order valence-corrected chi connectivity index (χ2v) is 2.93. The van der Waals surface area contributed by atoms with Gasteiger partial charge in [-0.15, -0.1) is 0 Å². The maximum absolute atomic E-state index is 8.54. The maximum atomic E-state index is 8.54. The van der Waals surface area contributed by atoms with Crippen molar-refractivity contribution in [1.82, 2.24) is 9.97 Å². The Kier molecular flexibility index (Phi) is 1.75. The van der Waals surface area contributed by atoms with Gasteiger partial charge < -0.3 is 0 Å². The summed E-state index contributed by atoms with van der Waals surface area (Å²) in [4.78, 5) is 8.29. The Balaban J connectivity index is 2.44. The van der Waals surface area contributed by atoms with Gasteiger partial charge in [-0.25, -0.2) is 9.97 Å². The van der Waals surface area contributed by atoms with Crippen LogP contribution in [0.3, 0.4) is 0 Å². The lowest BCUT2D eigenvalue weighted by molar-refractivity contribution is 0.897. The van der Waals surface area contributed by atoms with E-state index in [1.165, 1.54) is 5.56 Å². The molecule has 60 valence electrons. The van der Waals surface area contributed by atoms with Crippen molar-refractivity contribution >= 4 is 0 Å². The molecule has 0 bridgehead atoms. The monoisotopic (exact) mass is 159 g/mol. The van der Waals surface area contributed by atoms with E-state index in [1.807, 2.05) is 0 Å². The first-order valence-corrected chi connectivity index (χ1v) is 4.10. The lowest BCUT2D eigenvalue weighted by Gasteiger charge is -2.00. The SMILES string of the molecule is N#CCc1ncnc2c1CCC2. The molecule has 3 heteroatoms. The molecular formula is C9H9N3. The highest BCUT2D eigenvalue weighted by molar-refractivity contribution is 5.30. The Hall–Kier alpha value is -1.43. The molecule has 12 heavy (non-hydrogen) atoms. The van der Waals surface area contributed by atoms with E-state index in [4.69, 9.17) is 5.26 Å². The minimum absolute atomic E-state index is 0.421. The fraction of sp³-hybridized carbons (Fsp3) is 0.444. The molecule has 0 N–H and O–H groups in total. The minimum atomic E-state index is 0.421. The second kappa shape index (κ2) is 2.90. The van der Waals surface area contributed by atoms with Gasteiger partial charge in [-0.2, -0.15) is 5.26 Å². The molecule has 0 aliphatic heterocycles. The Morgan fingerprint density at radius 2 is 2.33 bits per heavy atom. The van der Waals surface area contributed by atoms with Crippen molar-refractivity contribution in [1.29, 1.82) is 5.26 Å². The van der Waals surface area contributed by atoms with Gasteiger partial charge in [0.1, 0.15) is 6.33 Å². The average molecular weight is 159 g/mol.